The van der Waals surface area contributed by atoms with Gasteiger partial charge in [-0.25, -0.2) is 9.59 Å². The van der Waals surface area contributed by atoms with Gasteiger partial charge in [0.15, 0.2) is 5.79 Å². The van der Waals surface area contributed by atoms with Crippen LogP contribution in [-0.2, 0) is 57.1 Å². The number of methoxy groups -OCH3 is 2. The van der Waals surface area contributed by atoms with Crippen LogP contribution in [0.2, 0.25) is 0 Å². The molecule has 39 heavy (non-hydrogen) atoms. The van der Waals surface area contributed by atoms with E-state index < -0.39 is 62.4 Å². The molecule has 1 fully saturated rings. The van der Waals surface area contributed by atoms with Gasteiger partial charge in [-0.15, -0.1) is 0 Å². The molecule has 0 saturated carbocycles. The second kappa shape index (κ2) is 10.9. The van der Waals surface area contributed by atoms with Crippen molar-refractivity contribution in [2.75, 3.05) is 27.4 Å². The van der Waals surface area contributed by atoms with Crippen molar-refractivity contribution in [3.05, 3.63) is 59.7 Å². The van der Waals surface area contributed by atoms with Crippen LogP contribution in [0.15, 0.2) is 58.3 Å². The first-order valence-corrected chi connectivity index (χ1v) is 14.4. The predicted octanol–water partition coefficient (Wildman–Crippen LogP) is 2.02. The van der Waals surface area contributed by atoms with E-state index in [9.17, 15) is 26.4 Å². The van der Waals surface area contributed by atoms with E-state index in [0.717, 1.165) is 25.3 Å². The van der Waals surface area contributed by atoms with E-state index in [0.29, 0.717) is 0 Å². The van der Waals surface area contributed by atoms with E-state index in [2.05, 4.69) is 0 Å². The van der Waals surface area contributed by atoms with Crippen LogP contribution in [0.1, 0.15) is 25.0 Å². The molecule has 0 spiro atoms. The normalized spacial score (nSPS) is 22.8. The highest BCUT2D eigenvalue weighted by molar-refractivity contribution is 7.87. The zero-order valence-corrected chi connectivity index (χ0v) is 23.9. The third kappa shape index (κ3) is 6.00. The van der Waals surface area contributed by atoms with Crippen molar-refractivity contribution in [3.8, 4) is 0 Å². The molecule has 1 aliphatic rings. The highest BCUT2D eigenvalue weighted by atomic mass is 32.2. The Morgan fingerprint density at radius 2 is 0.974 bits per heavy atom. The Balaban J connectivity index is 2.09. The minimum absolute atomic E-state index is 0.242. The number of hydrogen-bond donors (Lipinski definition) is 0. The number of ether oxygens (including phenoxy) is 4. The van der Waals surface area contributed by atoms with Crippen LogP contribution < -0.4 is 0 Å². The molecule has 2 atom stereocenters. The quantitative estimate of drug-likeness (QED) is 0.295. The molecule has 0 unspecified atom stereocenters. The number of hydrogen-bond acceptors (Lipinski definition) is 12. The third-order valence-electron chi connectivity index (χ3n) is 5.98. The summed E-state index contributed by atoms with van der Waals surface area (Å²) in [7, 11) is -7.10. The molecule has 0 aliphatic carbocycles. The van der Waals surface area contributed by atoms with Crippen LogP contribution in [0.4, 0.5) is 0 Å². The molecule has 214 valence electrons. The van der Waals surface area contributed by atoms with E-state index in [1.54, 1.807) is 13.8 Å². The molecule has 0 bridgehead atoms. The standard InChI is InChI=1S/C25H30O12S2/c1-17-7-11-19(12-8-17)38(28,29)34-15-24(21(26)32-5)25(22(27)33-6,37-23(3,4)36-24)16-35-39(30,31)20-13-9-18(2)10-14-20/h7-14H,15-16H2,1-6H3/t24-,25-/m0/s1. The molecule has 0 N–H and O–H groups in total. The topological polar surface area (TPSA) is 158 Å². The van der Waals surface area contributed by atoms with E-state index >= 15 is 0 Å². The van der Waals surface area contributed by atoms with Gasteiger partial charge in [0.25, 0.3) is 20.2 Å². The lowest BCUT2D eigenvalue weighted by Crippen LogP contribution is -2.67. The molecular formula is C25H30O12S2. The smallest absolute Gasteiger partial charge is 0.344 e. The molecule has 2 aromatic carbocycles. The lowest BCUT2D eigenvalue weighted by Gasteiger charge is -2.36. The van der Waals surface area contributed by atoms with Crippen molar-refractivity contribution < 1.29 is 53.7 Å². The van der Waals surface area contributed by atoms with Gasteiger partial charge in [-0.05, 0) is 52.0 Å². The lowest BCUT2D eigenvalue weighted by atomic mass is 9.83. The summed E-state index contributed by atoms with van der Waals surface area (Å²) in [6.45, 7) is 3.84. The second-order valence-corrected chi connectivity index (χ2v) is 12.5. The summed E-state index contributed by atoms with van der Waals surface area (Å²) in [6.07, 6.45) is 0. The molecule has 0 radical (unpaired) electrons. The maximum absolute atomic E-state index is 13.3. The molecular weight excluding hydrogens is 556 g/mol. The highest BCUT2D eigenvalue weighted by Crippen LogP contribution is 2.47. The fraction of sp³-hybridized carbons (Fsp3) is 0.440. The SMILES string of the molecule is COC(=O)[C@]1(COS(=O)(=O)c2ccc(C)cc2)OC(C)(C)O[C@@]1(COS(=O)(=O)c1ccc(C)cc1)C(=O)OC. The van der Waals surface area contributed by atoms with Crippen molar-refractivity contribution in [2.45, 2.75) is 54.5 Å². The molecule has 1 saturated heterocycles. The minimum Gasteiger partial charge on any atom is -0.467 e. The zero-order chi connectivity index (χ0) is 29.3. The summed E-state index contributed by atoms with van der Waals surface area (Å²) in [4.78, 5) is 26.1. The third-order valence-corrected chi connectivity index (χ3v) is 8.53. The van der Waals surface area contributed by atoms with Crippen molar-refractivity contribution >= 4 is 32.2 Å². The summed E-state index contributed by atoms with van der Waals surface area (Å²) in [5.41, 5.74) is -3.80. The Kier molecular flexibility index (Phi) is 8.60. The molecule has 1 aliphatic heterocycles. The van der Waals surface area contributed by atoms with E-state index in [4.69, 9.17) is 27.3 Å². The van der Waals surface area contributed by atoms with E-state index in [-0.39, 0.29) is 9.79 Å². The number of carbonyl (C=O) groups excluding carboxylic acids is 2. The van der Waals surface area contributed by atoms with Crippen molar-refractivity contribution in [1.82, 2.24) is 0 Å². The van der Waals surface area contributed by atoms with Gasteiger partial charge < -0.3 is 18.9 Å². The number of benzene rings is 2. The minimum atomic E-state index is -4.51. The van der Waals surface area contributed by atoms with Crippen LogP contribution >= 0.6 is 0 Å². The van der Waals surface area contributed by atoms with Gasteiger partial charge in [0.05, 0.1) is 24.0 Å². The molecule has 1 heterocycles. The summed E-state index contributed by atoms with van der Waals surface area (Å²) < 4.78 is 83.6. The monoisotopic (exact) mass is 586 g/mol. The Morgan fingerprint density at radius 1 is 0.667 bits per heavy atom. The van der Waals surface area contributed by atoms with Gasteiger partial charge >= 0.3 is 11.9 Å². The molecule has 12 nitrogen and oxygen atoms in total. The summed E-state index contributed by atoms with van der Waals surface area (Å²) in [5, 5.41) is 0. The van der Waals surface area contributed by atoms with Crippen molar-refractivity contribution in [3.63, 3.8) is 0 Å². The van der Waals surface area contributed by atoms with Crippen LogP contribution in [0.5, 0.6) is 0 Å². The van der Waals surface area contributed by atoms with Crippen LogP contribution in [0.3, 0.4) is 0 Å². The maximum atomic E-state index is 13.3. The number of aryl methyl sites for hydroxylation is 2. The van der Waals surface area contributed by atoms with Gasteiger partial charge in [-0.2, -0.15) is 16.8 Å². The Bertz CT molecular complexity index is 1320. The van der Waals surface area contributed by atoms with Gasteiger partial charge in [0.2, 0.25) is 11.2 Å². The molecule has 3 rings (SSSR count). The van der Waals surface area contributed by atoms with Gasteiger partial charge in [-0.1, -0.05) is 35.4 Å². The maximum Gasteiger partial charge on any atom is 0.344 e. The Morgan fingerprint density at radius 3 is 1.26 bits per heavy atom. The lowest BCUT2D eigenvalue weighted by molar-refractivity contribution is -0.192. The van der Waals surface area contributed by atoms with Gasteiger partial charge in [0.1, 0.15) is 13.2 Å². The summed E-state index contributed by atoms with van der Waals surface area (Å²) in [6, 6.07) is 11.3. The van der Waals surface area contributed by atoms with Crippen LogP contribution in [-0.4, -0.2) is 73.2 Å². The first kappa shape index (κ1) is 30.7. The van der Waals surface area contributed by atoms with Crippen LogP contribution in [0, 0.1) is 13.8 Å². The fourth-order valence-electron chi connectivity index (χ4n) is 4.04. The average molecular weight is 587 g/mol. The average Bonchev–Trinajstić information content (AvgIpc) is 3.14. The zero-order valence-electron chi connectivity index (χ0n) is 22.2. The van der Waals surface area contributed by atoms with Crippen LogP contribution in [0.25, 0.3) is 0 Å². The number of esters is 2. The Hall–Kier alpha value is -2.88. The summed E-state index contributed by atoms with van der Waals surface area (Å²) >= 11 is 0. The van der Waals surface area contributed by atoms with E-state index in [1.807, 2.05) is 0 Å². The molecule has 14 heteroatoms. The van der Waals surface area contributed by atoms with Gasteiger partial charge in [-0.3, -0.25) is 8.37 Å². The molecule has 2 aromatic rings. The predicted molar refractivity (Wildman–Crippen MR) is 134 cm³/mol. The largest absolute Gasteiger partial charge is 0.467 e. The fourth-order valence-corrected chi connectivity index (χ4v) is 5.90. The first-order chi connectivity index (χ1) is 18.0. The number of carbonyl (C=O) groups is 2. The van der Waals surface area contributed by atoms with Crippen molar-refractivity contribution in [1.29, 1.82) is 0 Å². The second-order valence-electron chi connectivity index (χ2n) is 9.30. The van der Waals surface area contributed by atoms with Gasteiger partial charge in [0, 0.05) is 0 Å². The highest BCUT2D eigenvalue weighted by Gasteiger charge is 2.74. The van der Waals surface area contributed by atoms with E-state index in [1.165, 1.54) is 62.4 Å². The number of rotatable bonds is 10. The molecule has 0 aromatic heterocycles. The van der Waals surface area contributed by atoms with Crippen molar-refractivity contribution in [2.24, 2.45) is 0 Å². The Labute approximate surface area is 227 Å². The molecule has 0 amide bonds. The first-order valence-electron chi connectivity index (χ1n) is 11.5. The summed E-state index contributed by atoms with van der Waals surface area (Å²) in [5.74, 6) is -4.36.